The average Bonchev–Trinajstić information content (AvgIpc) is 3.02. The van der Waals surface area contributed by atoms with Crippen LogP contribution in [0.4, 0.5) is 4.39 Å². The van der Waals surface area contributed by atoms with Gasteiger partial charge in [-0.25, -0.2) is 4.39 Å². The molecule has 2 aliphatic carbocycles. The van der Waals surface area contributed by atoms with E-state index < -0.39 is 0 Å². The zero-order valence-electron chi connectivity index (χ0n) is 19.8. The summed E-state index contributed by atoms with van der Waals surface area (Å²) >= 11 is 0. The van der Waals surface area contributed by atoms with Crippen molar-refractivity contribution in [2.75, 3.05) is 19.7 Å². The van der Waals surface area contributed by atoms with Crippen molar-refractivity contribution < 1.29 is 9.50 Å². The standard InChI is InChI=1S/C25H44FN5O/c1-2-31(14-15-32)25-29-23-13-12-21(16-18-6-4-3-5-7-18)27-17-22(23)24(30-25)28-20-10-8-19(26)9-11-20/h8,17-18,20-25,28-30,32H,2-7,9-16H2,1H3. The van der Waals surface area contributed by atoms with E-state index in [0.29, 0.717) is 25.0 Å². The lowest BCUT2D eigenvalue weighted by Crippen LogP contribution is -2.72. The number of hydrogen-bond acceptors (Lipinski definition) is 6. The molecule has 6 unspecified atom stereocenters. The molecule has 0 aromatic rings. The zero-order chi connectivity index (χ0) is 22.3. The molecule has 182 valence electrons. The van der Waals surface area contributed by atoms with Crippen LogP contribution >= 0.6 is 0 Å². The number of nitrogens with zero attached hydrogens (tertiary/aromatic N) is 2. The first-order chi connectivity index (χ1) is 15.7. The quantitative estimate of drug-likeness (QED) is 0.458. The maximum Gasteiger partial charge on any atom is 0.116 e. The van der Waals surface area contributed by atoms with Gasteiger partial charge in [0.25, 0.3) is 0 Å². The van der Waals surface area contributed by atoms with Gasteiger partial charge in [-0.1, -0.05) is 45.1 Å². The van der Waals surface area contributed by atoms with Crippen LogP contribution in [0.3, 0.4) is 0 Å². The van der Waals surface area contributed by atoms with Crippen molar-refractivity contribution in [3.05, 3.63) is 11.9 Å². The van der Waals surface area contributed by atoms with Crippen LogP contribution in [0.2, 0.25) is 0 Å². The Hall–Kier alpha value is -0.860. The van der Waals surface area contributed by atoms with E-state index in [0.717, 1.165) is 38.1 Å². The molecule has 1 saturated heterocycles. The van der Waals surface area contributed by atoms with E-state index in [-0.39, 0.29) is 36.8 Å². The van der Waals surface area contributed by atoms with Gasteiger partial charge < -0.3 is 5.11 Å². The van der Waals surface area contributed by atoms with Crippen LogP contribution in [0.5, 0.6) is 0 Å². The Kier molecular flexibility index (Phi) is 9.12. The summed E-state index contributed by atoms with van der Waals surface area (Å²) in [6.07, 6.45) is 16.6. The van der Waals surface area contributed by atoms with Gasteiger partial charge in [0.2, 0.25) is 0 Å². The smallest absolute Gasteiger partial charge is 0.116 e. The fraction of sp³-hybridized carbons (Fsp3) is 0.880. The Bertz CT molecular complexity index is 638. The molecule has 0 bridgehead atoms. The Morgan fingerprint density at radius 1 is 1.16 bits per heavy atom. The molecule has 0 aromatic heterocycles. The van der Waals surface area contributed by atoms with Crippen molar-refractivity contribution in [1.29, 1.82) is 0 Å². The van der Waals surface area contributed by atoms with Gasteiger partial charge in [0.05, 0.1) is 18.6 Å². The van der Waals surface area contributed by atoms with Gasteiger partial charge >= 0.3 is 0 Å². The van der Waals surface area contributed by atoms with Gasteiger partial charge in [-0.15, -0.1) is 0 Å². The molecule has 0 radical (unpaired) electrons. The topological polar surface area (TPSA) is 71.9 Å². The van der Waals surface area contributed by atoms with Crippen molar-refractivity contribution >= 4 is 6.21 Å². The van der Waals surface area contributed by atoms with Crippen LogP contribution in [-0.2, 0) is 0 Å². The predicted molar refractivity (Wildman–Crippen MR) is 128 cm³/mol. The number of aliphatic hydroxyl groups is 1. The third kappa shape index (κ3) is 6.38. The molecule has 6 atom stereocenters. The first kappa shape index (κ1) is 24.3. The molecule has 4 N–H and O–H groups in total. The third-order valence-corrected chi connectivity index (χ3v) is 8.10. The lowest BCUT2D eigenvalue weighted by atomic mass is 9.83. The Morgan fingerprint density at radius 3 is 2.72 bits per heavy atom. The van der Waals surface area contributed by atoms with E-state index in [1.165, 1.54) is 38.5 Å². The largest absolute Gasteiger partial charge is 0.395 e. The van der Waals surface area contributed by atoms with Gasteiger partial charge in [0, 0.05) is 43.2 Å². The number of fused-ring (bicyclic) bond motifs is 1. The first-order valence-electron chi connectivity index (χ1n) is 13.2. The van der Waals surface area contributed by atoms with Gasteiger partial charge in [-0.2, -0.15) is 0 Å². The molecule has 7 heteroatoms. The minimum absolute atomic E-state index is 0.0186. The van der Waals surface area contributed by atoms with E-state index in [2.05, 4.69) is 34.0 Å². The highest BCUT2D eigenvalue weighted by molar-refractivity contribution is 5.64. The summed E-state index contributed by atoms with van der Waals surface area (Å²) in [7, 11) is 0. The van der Waals surface area contributed by atoms with Crippen molar-refractivity contribution in [2.24, 2.45) is 16.8 Å². The SMILES string of the molecule is CCN(CCO)C1NC2CCC(CC3CCCCC3)N=CC2C(NC2CC=C(F)CC2)N1. The minimum atomic E-state index is 0.0186. The Morgan fingerprint density at radius 2 is 2.00 bits per heavy atom. The molecule has 4 aliphatic rings. The second-order valence-electron chi connectivity index (χ2n) is 10.3. The zero-order valence-corrected chi connectivity index (χ0v) is 19.8. The Labute approximate surface area is 193 Å². The maximum absolute atomic E-state index is 13.5. The number of rotatable bonds is 8. The fourth-order valence-corrected chi connectivity index (χ4v) is 6.17. The molecule has 2 aliphatic heterocycles. The van der Waals surface area contributed by atoms with Crippen molar-refractivity contribution in [3.8, 4) is 0 Å². The number of aliphatic imine (C=N–C) groups is 1. The maximum atomic E-state index is 13.5. The summed E-state index contributed by atoms with van der Waals surface area (Å²) in [6, 6.07) is 1.08. The molecule has 2 heterocycles. The summed E-state index contributed by atoms with van der Waals surface area (Å²) in [6.45, 7) is 3.79. The molecule has 32 heavy (non-hydrogen) atoms. The molecule has 2 fully saturated rings. The van der Waals surface area contributed by atoms with Crippen molar-refractivity contribution in [3.63, 3.8) is 0 Å². The highest BCUT2D eigenvalue weighted by Crippen LogP contribution is 2.32. The number of allylic oxidation sites excluding steroid dienone is 1. The fourth-order valence-electron chi connectivity index (χ4n) is 6.17. The number of hydrogen-bond donors (Lipinski definition) is 4. The van der Waals surface area contributed by atoms with E-state index in [1.807, 2.05) is 0 Å². The highest BCUT2D eigenvalue weighted by Gasteiger charge is 2.40. The molecular formula is C25H44FN5O. The molecular weight excluding hydrogens is 405 g/mol. The van der Waals surface area contributed by atoms with Crippen LogP contribution in [-0.4, -0.2) is 66.5 Å². The average molecular weight is 450 g/mol. The van der Waals surface area contributed by atoms with Crippen molar-refractivity contribution in [1.82, 2.24) is 20.9 Å². The second kappa shape index (κ2) is 12.0. The highest BCUT2D eigenvalue weighted by atomic mass is 19.1. The van der Waals surface area contributed by atoms with E-state index in [4.69, 9.17) is 4.99 Å². The summed E-state index contributed by atoms with van der Waals surface area (Å²) in [4.78, 5) is 7.37. The summed E-state index contributed by atoms with van der Waals surface area (Å²) in [5.74, 6) is 1.15. The van der Waals surface area contributed by atoms with Crippen LogP contribution in [0.25, 0.3) is 0 Å². The van der Waals surface area contributed by atoms with E-state index >= 15 is 0 Å². The van der Waals surface area contributed by atoms with Crippen LogP contribution in [0.1, 0.15) is 77.6 Å². The van der Waals surface area contributed by atoms with E-state index in [9.17, 15) is 9.50 Å². The molecule has 6 nitrogen and oxygen atoms in total. The number of likely N-dealkylation sites (N-methyl/N-ethyl adjacent to an activating group) is 1. The monoisotopic (exact) mass is 449 g/mol. The molecule has 0 amide bonds. The van der Waals surface area contributed by atoms with Crippen molar-refractivity contribution in [2.45, 2.75) is 108 Å². The van der Waals surface area contributed by atoms with Gasteiger partial charge in [0.15, 0.2) is 0 Å². The summed E-state index contributed by atoms with van der Waals surface area (Å²) in [5, 5.41) is 20.9. The normalized spacial score (nSPS) is 36.6. The summed E-state index contributed by atoms with van der Waals surface area (Å²) in [5.41, 5.74) is 0. The molecule has 0 spiro atoms. The summed E-state index contributed by atoms with van der Waals surface area (Å²) < 4.78 is 13.5. The van der Waals surface area contributed by atoms with Crippen LogP contribution in [0, 0.1) is 11.8 Å². The van der Waals surface area contributed by atoms with E-state index in [1.54, 1.807) is 6.08 Å². The van der Waals surface area contributed by atoms with Gasteiger partial charge in [-0.3, -0.25) is 25.8 Å². The predicted octanol–water partition coefficient (Wildman–Crippen LogP) is 3.29. The molecule has 0 aromatic carbocycles. The third-order valence-electron chi connectivity index (χ3n) is 8.10. The number of halogens is 1. The Balaban J connectivity index is 1.45. The second-order valence-corrected chi connectivity index (χ2v) is 10.3. The first-order valence-corrected chi connectivity index (χ1v) is 13.2. The number of aliphatic hydroxyl groups excluding tert-OH is 1. The van der Waals surface area contributed by atoms with Crippen LogP contribution in [0.15, 0.2) is 16.9 Å². The lowest BCUT2D eigenvalue weighted by molar-refractivity contribution is 0.0413. The molecule has 4 rings (SSSR count). The minimum Gasteiger partial charge on any atom is -0.395 e. The van der Waals surface area contributed by atoms with Crippen LogP contribution < -0.4 is 16.0 Å². The molecule has 1 saturated carbocycles. The van der Waals surface area contributed by atoms with Gasteiger partial charge in [0.1, 0.15) is 6.29 Å². The lowest BCUT2D eigenvalue weighted by Gasteiger charge is -2.47. The number of nitrogens with one attached hydrogen (secondary N) is 3. The van der Waals surface area contributed by atoms with Gasteiger partial charge in [-0.05, 0) is 44.6 Å².